The first-order chi connectivity index (χ1) is 10.8. The quantitative estimate of drug-likeness (QED) is 0.850. The molecule has 2 rings (SSSR count). The van der Waals surface area contributed by atoms with Gasteiger partial charge < -0.3 is 14.2 Å². The first kappa shape index (κ1) is 16.8. The molecule has 1 amide bonds. The lowest BCUT2D eigenvalue weighted by molar-refractivity contribution is -0.114. The molecular weight excluding hydrogens is 318 g/mol. The summed E-state index contributed by atoms with van der Waals surface area (Å²) in [7, 11) is -2.61. The highest BCUT2D eigenvalue weighted by Gasteiger charge is 2.19. The summed E-state index contributed by atoms with van der Waals surface area (Å²) in [5, 5.41) is 2.56. The third-order valence-electron chi connectivity index (χ3n) is 3.00. The van der Waals surface area contributed by atoms with E-state index in [9.17, 15) is 13.2 Å². The van der Waals surface area contributed by atoms with E-state index in [-0.39, 0.29) is 22.3 Å². The number of rotatable bonds is 5. The standard InChI is InChI=1S/C16H17NO5S/c1-11-4-6-13(7-5-11)22-23(19,20)14-8-9-15(17-12(2)18)16(10-14)21-3/h4-10H,1-3H3,(H,17,18). The maximum atomic E-state index is 12.3. The van der Waals surface area contributed by atoms with Crippen molar-refractivity contribution < 1.29 is 22.1 Å². The lowest BCUT2D eigenvalue weighted by Crippen LogP contribution is -2.11. The number of hydrogen-bond acceptors (Lipinski definition) is 5. The number of aryl methyl sites for hydroxylation is 1. The van der Waals surface area contributed by atoms with E-state index in [4.69, 9.17) is 8.92 Å². The number of carbonyl (C=O) groups excluding carboxylic acids is 1. The Bertz CT molecular complexity index is 813. The predicted molar refractivity (Wildman–Crippen MR) is 86.3 cm³/mol. The molecule has 0 spiro atoms. The smallest absolute Gasteiger partial charge is 0.339 e. The highest BCUT2D eigenvalue weighted by Crippen LogP contribution is 2.29. The van der Waals surface area contributed by atoms with Gasteiger partial charge in [0, 0.05) is 13.0 Å². The van der Waals surface area contributed by atoms with Gasteiger partial charge in [0.05, 0.1) is 12.8 Å². The van der Waals surface area contributed by atoms with Crippen LogP contribution in [0.5, 0.6) is 11.5 Å². The SMILES string of the molecule is COc1cc(S(=O)(=O)Oc2ccc(C)cc2)ccc1NC(C)=O. The summed E-state index contributed by atoms with van der Waals surface area (Å²) in [4.78, 5) is 11.1. The van der Waals surface area contributed by atoms with Crippen molar-refractivity contribution in [2.24, 2.45) is 0 Å². The maximum absolute atomic E-state index is 12.3. The van der Waals surface area contributed by atoms with Gasteiger partial charge in [-0.3, -0.25) is 4.79 Å². The summed E-state index contributed by atoms with van der Waals surface area (Å²) >= 11 is 0. The molecule has 23 heavy (non-hydrogen) atoms. The molecule has 2 aromatic rings. The van der Waals surface area contributed by atoms with E-state index in [1.165, 1.54) is 32.2 Å². The highest BCUT2D eigenvalue weighted by atomic mass is 32.2. The van der Waals surface area contributed by atoms with Crippen LogP contribution in [0.1, 0.15) is 12.5 Å². The van der Waals surface area contributed by atoms with Gasteiger partial charge in [0.15, 0.2) is 0 Å². The fourth-order valence-electron chi connectivity index (χ4n) is 1.89. The van der Waals surface area contributed by atoms with Crippen molar-refractivity contribution in [3.63, 3.8) is 0 Å². The second-order valence-corrected chi connectivity index (χ2v) is 6.44. The van der Waals surface area contributed by atoms with Gasteiger partial charge in [-0.15, -0.1) is 0 Å². The molecular formula is C16H17NO5S. The number of anilines is 1. The molecule has 1 N–H and O–H groups in total. The normalized spacial score (nSPS) is 10.9. The van der Waals surface area contributed by atoms with E-state index in [1.54, 1.807) is 24.3 Å². The van der Waals surface area contributed by atoms with E-state index < -0.39 is 10.1 Å². The molecule has 0 aliphatic heterocycles. The Morgan fingerprint density at radius 3 is 2.30 bits per heavy atom. The molecule has 0 aromatic heterocycles. The molecule has 0 unspecified atom stereocenters. The van der Waals surface area contributed by atoms with E-state index in [1.807, 2.05) is 6.92 Å². The summed E-state index contributed by atoms with van der Waals surface area (Å²) < 4.78 is 34.9. The van der Waals surface area contributed by atoms with Gasteiger partial charge in [-0.05, 0) is 31.2 Å². The zero-order valence-electron chi connectivity index (χ0n) is 13.0. The Hall–Kier alpha value is -2.54. The summed E-state index contributed by atoms with van der Waals surface area (Å²) in [5.41, 5.74) is 1.38. The largest absolute Gasteiger partial charge is 0.495 e. The van der Waals surface area contributed by atoms with E-state index >= 15 is 0 Å². The molecule has 6 nitrogen and oxygen atoms in total. The van der Waals surface area contributed by atoms with Crippen molar-refractivity contribution in [3.8, 4) is 11.5 Å². The first-order valence-electron chi connectivity index (χ1n) is 6.78. The molecule has 2 aromatic carbocycles. The van der Waals surface area contributed by atoms with Gasteiger partial charge in [0.25, 0.3) is 0 Å². The molecule has 0 aliphatic carbocycles. The molecule has 0 saturated carbocycles. The molecule has 0 aliphatic rings. The number of carbonyl (C=O) groups is 1. The fraction of sp³-hybridized carbons (Fsp3) is 0.188. The summed E-state index contributed by atoms with van der Waals surface area (Å²) in [5.74, 6) is 0.170. The topological polar surface area (TPSA) is 81.7 Å². The van der Waals surface area contributed by atoms with E-state index in [0.717, 1.165) is 5.56 Å². The Labute approximate surface area is 135 Å². The van der Waals surface area contributed by atoms with Crippen LogP contribution in [-0.4, -0.2) is 21.4 Å². The van der Waals surface area contributed by atoms with E-state index in [2.05, 4.69) is 5.32 Å². The van der Waals surface area contributed by atoms with Crippen molar-refractivity contribution in [2.45, 2.75) is 18.7 Å². The number of hydrogen-bond donors (Lipinski definition) is 1. The molecule has 0 saturated heterocycles. The third kappa shape index (κ3) is 4.23. The predicted octanol–water partition coefficient (Wildman–Crippen LogP) is 2.73. The average molecular weight is 335 g/mol. The molecule has 0 bridgehead atoms. The Balaban J connectivity index is 2.32. The van der Waals surface area contributed by atoms with Crippen LogP contribution in [0.4, 0.5) is 5.69 Å². The van der Waals surface area contributed by atoms with Crippen LogP contribution in [0.25, 0.3) is 0 Å². The van der Waals surface area contributed by atoms with Gasteiger partial charge in [0.2, 0.25) is 5.91 Å². The minimum absolute atomic E-state index is 0.0657. The van der Waals surface area contributed by atoms with Crippen molar-refractivity contribution in [1.29, 1.82) is 0 Å². The van der Waals surface area contributed by atoms with Crippen LogP contribution in [0.15, 0.2) is 47.4 Å². The monoisotopic (exact) mass is 335 g/mol. The Morgan fingerprint density at radius 2 is 1.74 bits per heavy atom. The van der Waals surface area contributed by atoms with Crippen LogP contribution in [0.2, 0.25) is 0 Å². The van der Waals surface area contributed by atoms with Crippen LogP contribution in [-0.2, 0) is 14.9 Å². The second kappa shape index (κ2) is 6.70. The van der Waals surface area contributed by atoms with Crippen LogP contribution in [0, 0.1) is 6.92 Å². The number of methoxy groups -OCH3 is 1. The number of nitrogens with one attached hydrogen (secondary N) is 1. The molecule has 0 atom stereocenters. The van der Waals surface area contributed by atoms with Crippen LogP contribution in [0.3, 0.4) is 0 Å². The average Bonchev–Trinajstić information content (AvgIpc) is 2.49. The maximum Gasteiger partial charge on any atom is 0.339 e. The fourth-order valence-corrected chi connectivity index (χ4v) is 2.84. The number of ether oxygens (including phenoxy) is 1. The number of benzene rings is 2. The number of amides is 1. The van der Waals surface area contributed by atoms with Crippen molar-refractivity contribution in [2.75, 3.05) is 12.4 Å². The van der Waals surface area contributed by atoms with Crippen molar-refractivity contribution >= 4 is 21.7 Å². The summed E-state index contributed by atoms with van der Waals surface area (Å²) in [6.07, 6.45) is 0. The van der Waals surface area contributed by atoms with Crippen LogP contribution < -0.4 is 14.2 Å². The minimum atomic E-state index is -4.00. The molecule has 0 radical (unpaired) electrons. The summed E-state index contributed by atoms with van der Waals surface area (Å²) in [6.45, 7) is 3.24. The molecule has 7 heteroatoms. The third-order valence-corrected chi connectivity index (χ3v) is 4.24. The Kier molecular flexibility index (Phi) is 4.90. The van der Waals surface area contributed by atoms with Gasteiger partial charge in [-0.1, -0.05) is 17.7 Å². The minimum Gasteiger partial charge on any atom is -0.495 e. The van der Waals surface area contributed by atoms with E-state index in [0.29, 0.717) is 5.69 Å². The second-order valence-electron chi connectivity index (χ2n) is 4.89. The molecule has 122 valence electrons. The van der Waals surface area contributed by atoms with Crippen LogP contribution >= 0.6 is 0 Å². The zero-order valence-corrected chi connectivity index (χ0v) is 13.8. The van der Waals surface area contributed by atoms with Crippen molar-refractivity contribution in [1.82, 2.24) is 0 Å². The lowest BCUT2D eigenvalue weighted by atomic mass is 10.2. The van der Waals surface area contributed by atoms with Gasteiger partial charge in [-0.25, -0.2) is 0 Å². The summed E-state index contributed by atoms with van der Waals surface area (Å²) in [6, 6.07) is 10.8. The Morgan fingerprint density at radius 1 is 1.09 bits per heavy atom. The van der Waals surface area contributed by atoms with Gasteiger partial charge in [0.1, 0.15) is 16.4 Å². The first-order valence-corrected chi connectivity index (χ1v) is 8.19. The van der Waals surface area contributed by atoms with Gasteiger partial charge >= 0.3 is 10.1 Å². The molecule has 0 fully saturated rings. The van der Waals surface area contributed by atoms with Gasteiger partial charge in [-0.2, -0.15) is 8.42 Å². The lowest BCUT2D eigenvalue weighted by Gasteiger charge is -2.12. The molecule has 0 heterocycles. The van der Waals surface area contributed by atoms with Crippen molar-refractivity contribution in [3.05, 3.63) is 48.0 Å². The zero-order chi connectivity index (χ0) is 17.0. The highest BCUT2D eigenvalue weighted by molar-refractivity contribution is 7.87.